The van der Waals surface area contributed by atoms with E-state index in [4.69, 9.17) is 10.4 Å². The Labute approximate surface area is 105 Å². The van der Waals surface area contributed by atoms with Crippen LogP contribution in [0.25, 0.3) is 5.82 Å². The maximum absolute atomic E-state index is 10.9. The molecule has 0 aliphatic carbocycles. The Balaban J connectivity index is 2.58. The summed E-state index contributed by atoms with van der Waals surface area (Å²) in [4.78, 5) is 24.7. The van der Waals surface area contributed by atoms with Crippen molar-refractivity contribution in [1.29, 1.82) is 5.26 Å². The Hall–Kier alpha value is -3.28. The summed E-state index contributed by atoms with van der Waals surface area (Å²) in [6.07, 6.45) is 3.29. The number of aromatic nitrogens is 3. The predicted octanol–water partition coefficient (Wildman–Crippen LogP) is 0.745. The van der Waals surface area contributed by atoms with Crippen LogP contribution in [0.1, 0.15) is 15.9 Å². The van der Waals surface area contributed by atoms with Crippen molar-refractivity contribution in [3.8, 4) is 11.9 Å². The first-order valence-corrected chi connectivity index (χ1v) is 4.86. The number of carboxylic acids is 1. The lowest BCUT2D eigenvalue weighted by molar-refractivity contribution is -0.385. The zero-order chi connectivity index (χ0) is 14.0. The number of nitriles is 1. The number of hydrogen-bond acceptors (Lipinski definition) is 6. The highest BCUT2D eigenvalue weighted by atomic mass is 16.6. The van der Waals surface area contributed by atoms with Gasteiger partial charge in [-0.2, -0.15) is 10.4 Å². The monoisotopic (exact) mass is 259 g/mol. The number of carboxylic acid groups (broad SMARTS) is 1. The summed E-state index contributed by atoms with van der Waals surface area (Å²) in [5.41, 5.74) is -0.527. The molecule has 2 heterocycles. The first-order valence-electron chi connectivity index (χ1n) is 4.86. The molecular formula is C10H5N5O4. The minimum atomic E-state index is -1.21. The second-order valence-electron chi connectivity index (χ2n) is 3.41. The van der Waals surface area contributed by atoms with Gasteiger partial charge in [0.15, 0.2) is 0 Å². The molecule has 0 amide bonds. The van der Waals surface area contributed by atoms with Crippen molar-refractivity contribution in [3.63, 3.8) is 0 Å². The topological polar surface area (TPSA) is 135 Å². The fraction of sp³-hybridized carbons (Fsp3) is 0. The zero-order valence-corrected chi connectivity index (χ0v) is 9.22. The number of nitro groups is 1. The highest BCUT2D eigenvalue weighted by molar-refractivity contribution is 5.87. The van der Waals surface area contributed by atoms with Crippen LogP contribution >= 0.6 is 0 Å². The summed E-state index contributed by atoms with van der Waals surface area (Å²) in [5.74, 6) is -1.36. The fourth-order valence-electron chi connectivity index (χ4n) is 1.37. The van der Waals surface area contributed by atoms with Gasteiger partial charge in [0.1, 0.15) is 6.07 Å². The molecule has 94 valence electrons. The fourth-order valence-corrected chi connectivity index (χ4v) is 1.37. The summed E-state index contributed by atoms with van der Waals surface area (Å²) < 4.78 is 0.975. The van der Waals surface area contributed by atoms with Crippen LogP contribution in [0.2, 0.25) is 0 Å². The maximum atomic E-state index is 10.9. The molecule has 2 aromatic heterocycles. The lowest BCUT2D eigenvalue weighted by atomic mass is 10.3. The zero-order valence-electron chi connectivity index (χ0n) is 9.22. The molecule has 0 atom stereocenters. The SMILES string of the molecule is N#Cc1cnc(-n2cc(C(=O)O)cn2)c([N+](=O)[O-])c1. The van der Waals surface area contributed by atoms with Crippen molar-refractivity contribution < 1.29 is 14.8 Å². The normalized spacial score (nSPS) is 9.84. The van der Waals surface area contributed by atoms with Gasteiger partial charge in [-0.1, -0.05) is 0 Å². The predicted molar refractivity (Wildman–Crippen MR) is 59.7 cm³/mol. The highest BCUT2D eigenvalue weighted by Gasteiger charge is 2.20. The highest BCUT2D eigenvalue weighted by Crippen LogP contribution is 2.21. The molecule has 0 aliphatic heterocycles. The van der Waals surface area contributed by atoms with Gasteiger partial charge in [-0.15, -0.1) is 0 Å². The largest absolute Gasteiger partial charge is 0.478 e. The molecular weight excluding hydrogens is 254 g/mol. The molecule has 0 spiro atoms. The first-order chi connectivity index (χ1) is 9.02. The van der Waals surface area contributed by atoms with E-state index in [-0.39, 0.29) is 16.9 Å². The summed E-state index contributed by atoms with van der Waals surface area (Å²) >= 11 is 0. The lowest BCUT2D eigenvalue weighted by Crippen LogP contribution is -2.04. The van der Waals surface area contributed by atoms with E-state index in [2.05, 4.69) is 10.1 Å². The third-order valence-corrected chi connectivity index (χ3v) is 2.22. The second-order valence-corrected chi connectivity index (χ2v) is 3.41. The van der Waals surface area contributed by atoms with Gasteiger partial charge < -0.3 is 5.11 Å². The number of carbonyl (C=O) groups is 1. The van der Waals surface area contributed by atoms with E-state index in [1.807, 2.05) is 0 Å². The molecule has 0 aliphatic rings. The maximum Gasteiger partial charge on any atom is 0.338 e. The Kier molecular flexibility index (Phi) is 2.91. The van der Waals surface area contributed by atoms with Crippen molar-refractivity contribution in [3.05, 3.63) is 45.9 Å². The van der Waals surface area contributed by atoms with Gasteiger partial charge in [0.25, 0.3) is 0 Å². The van der Waals surface area contributed by atoms with Crippen LogP contribution in [0.5, 0.6) is 0 Å². The molecule has 2 aromatic rings. The second kappa shape index (κ2) is 4.53. The van der Waals surface area contributed by atoms with Crippen LogP contribution < -0.4 is 0 Å². The molecule has 0 bridgehead atoms. The Morgan fingerprint density at radius 3 is 2.79 bits per heavy atom. The third-order valence-electron chi connectivity index (χ3n) is 2.22. The Morgan fingerprint density at radius 1 is 1.53 bits per heavy atom. The van der Waals surface area contributed by atoms with Crippen molar-refractivity contribution in [2.24, 2.45) is 0 Å². The Morgan fingerprint density at radius 2 is 2.26 bits per heavy atom. The van der Waals surface area contributed by atoms with Crippen molar-refractivity contribution >= 4 is 11.7 Å². The number of aromatic carboxylic acids is 1. The van der Waals surface area contributed by atoms with Crippen LogP contribution in [0.15, 0.2) is 24.7 Å². The molecule has 9 heteroatoms. The average molecular weight is 259 g/mol. The average Bonchev–Trinajstić information content (AvgIpc) is 2.87. The number of nitrogens with zero attached hydrogens (tertiary/aromatic N) is 5. The molecule has 0 unspecified atom stereocenters. The molecule has 19 heavy (non-hydrogen) atoms. The van der Waals surface area contributed by atoms with Gasteiger partial charge in [0.05, 0.1) is 22.2 Å². The van der Waals surface area contributed by atoms with Crippen LogP contribution in [0.3, 0.4) is 0 Å². The molecule has 0 radical (unpaired) electrons. The van der Waals surface area contributed by atoms with Crippen LogP contribution in [-0.4, -0.2) is 30.8 Å². The number of pyridine rings is 1. The minimum absolute atomic E-state index is 0.0288. The van der Waals surface area contributed by atoms with Crippen LogP contribution in [0, 0.1) is 21.4 Å². The van der Waals surface area contributed by atoms with E-state index in [1.165, 1.54) is 0 Å². The summed E-state index contributed by atoms with van der Waals surface area (Å²) in [6, 6.07) is 2.78. The molecule has 0 saturated carbocycles. The van der Waals surface area contributed by atoms with Crippen molar-refractivity contribution in [2.45, 2.75) is 0 Å². The first kappa shape index (κ1) is 12.2. The van der Waals surface area contributed by atoms with Gasteiger partial charge in [-0.05, 0) is 0 Å². The molecule has 1 N–H and O–H groups in total. The van der Waals surface area contributed by atoms with E-state index in [0.29, 0.717) is 0 Å². The van der Waals surface area contributed by atoms with Crippen LogP contribution in [0.4, 0.5) is 5.69 Å². The lowest BCUT2D eigenvalue weighted by Gasteiger charge is -2.01. The summed E-state index contributed by atoms with van der Waals surface area (Å²) in [6.45, 7) is 0. The van der Waals surface area contributed by atoms with Gasteiger partial charge in [0.2, 0.25) is 5.82 Å². The van der Waals surface area contributed by atoms with E-state index in [0.717, 1.165) is 29.3 Å². The van der Waals surface area contributed by atoms with Gasteiger partial charge in [-0.3, -0.25) is 10.1 Å². The number of hydrogen-bond donors (Lipinski definition) is 1. The van der Waals surface area contributed by atoms with Crippen molar-refractivity contribution in [2.75, 3.05) is 0 Å². The van der Waals surface area contributed by atoms with E-state index in [1.54, 1.807) is 6.07 Å². The summed E-state index contributed by atoms with van der Waals surface area (Å²) in [5, 5.41) is 32.0. The van der Waals surface area contributed by atoms with Gasteiger partial charge in [0, 0.05) is 18.5 Å². The smallest absolute Gasteiger partial charge is 0.338 e. The Bertz CT molecular complexity index is 715. The van der Waals surface area contributed by atoms with Crippen LogP contribution in [-0.2, 0) is 0 Å². The molecule has 9 nitrogen and oxygen atoms in total. The number of rotatable bonds is 3. The molecule has 0 aromatic carbocycles. The molecule has 0 saturated heterocycles. The quantitative estimate of drug-likeness (QED) is 0.634. The van der Waals surface area contributed by atoms with Gasteiger partial charge in [-0.25, -0.2) is 14.5 Å². The van der Waals surface area contributed by atoms with Crippen molar-refractivity contribution in [1.82, 2.24) is 14.8 Å². The van der Waals surface area contributed by atoms with E-state index in [9.17, 15) is 14.9 Å². The third kappa shape index (κ3) is 2.22. The molecule has 2 rings (SSSR count). The summed E-state index contributed by atoms with van der Waals surface area (Å²) in [7, 11) is 0. The molecule has 0 fully saturated rings. The standard InChI is InChI=1S/C10H5N5O4/c11-2-6-1-8(15(18)19)9(12-3-6)14-5-7(4-13-14)10(16)17/h1,3-5H,(H,16,17). The minimum Gasteiger partial charge on any atom is -0.478 e. The van der Waals surface area contributed by atoms with Gasteiger partial charge >= 0.3 is 11.7 Å². The van der Waals surface area contributed by atoms with E-state index < -0.39 is 16.6 Å². The van der Waals surface area contributed by atoms with E-state index >= 15 is 0 Å².